The molecule has 0 radical (unpaired) electrons. The molecule has 1 heterocycles. The van der Waals surface area contributed by atoms with Crippen LogP contribution in [0.5, 0.6) is 0 Å². The third kappa shape index (κ3) is 1.44. The molecule has 0 nitrogen and oxygen atoms in total. The molecule has 3 heteroatoms. The predicted octanol–water partition coefficient (Wildman–Crippen LogP) is 3.55. The Labute approximate surface area is 94.0 Å². The molecule has 0 saturated heterocycles. The molecule has 62 valence electrons. The van der Waals surface area contributed by atoms with Crippen LogP contribution in [-0.4, -0.2) is 14.5 Å². The molecule has 0 N–H and O–H groups in total. The fourth-order valence-corrected chi connectivity index (χ4v) is 5.59. The fraction of sp³-hybridized carbons (Fsp3) is 0.111. The van der Waals surface area contributed by atoms with Crippen molar-refractivity contribution in [1.82, 2.24) is 0 Å². The Morgan fingerprint density at radius 1 is 1.25 bits per heavy atom. The minimum atomic E-state index is 0.527. The zero-order valence-electron chi connectivity index (χ0n) is 6.18. The number of halogens is 2. The van der Waals surface area contributed by atoms with Crippen molar-refractivity contribution in [2.24, 2.45) is 0 Å². The van der Waals surface area contributed by atoms with Crippen LogP contribution in [-0.2, 0) is 5.33 Å². The Bertz CT molecular complexity index is 406. The van der Waals surface area contributed by atoms with E-state index in [1.165, 1.54) is 18.6 Å². The summed E-state index contributed by atoms with van der Waals surface area (Å²) >= 11 is 7.66. The molecule has 12 heavy (non-hydrogen) atoms. The maximum atomic E-state index is 3.63. The van der Waals surface area contributed by atoms with E-state index in [9.17, 15) is 0 Å². The second-order valence-corrected chi connectivity index (χ2v) is 6.21. The molecule has 0 fully saturated rings. The van der Waals surface area contributed by atoms with Gasteiger partial charge in [-0.2, -0.15) is 0 Å². The number of hydrogen-bond acceptors (Lipinski definition) is 0. The monoisotopic (exact) mass is 352 g/mol. The number of fused-ring (bicyclic) bond motifs is 1. The van der Waals surface area contributed by atoms with Gasteiger partial charge in [0.05, 0.1) is 0 Å². The Balaban J connectivity index is 2.78. The van der Waals surface area contributed by atoms with Crippen molar-refractivity contribution >= 4 is 56.0 Å². The van der Waals surface area contributed by atoms with Crippen LogP contribution in [0.3, 0.4) is 0 Å². The van der Waals surface area contributed by atoms with E-state index < -0.39 is 0 Å². The molecule has 0 atom stereocenters. The van der Waals surface area contributed by atoms with Crippen molar-refractivity contribution in [2.75, 3.05) is 0 Å². The second-order valence-electron chi connectivity index (χ2n) is 2.47. The molecule has 2 rings (SSSR count). The molecule has 0 aliphatic heterocycles. The Morgan fingerprint density at radius 2 is 2.00 bits per heavy atom. The van der Waals surface area contributed by atoms with Crippen molar-refractivity contribution in [3.8, 4) is 0 Å². The number of hydrogen-bond donors (Lipinski definition) is 0. The third-order valence-electron chi connectivity index (χ3n) is 1.72. The number of benzene rings is 1. The van der Waals surface area contributed by atoms with Crippen molar-refractivity contribution in [2.45, 2.75) is 5.33 Å². The van der Waals surface area contributed by atoms with Gasteiger partial charge in [0, 0.05) is 0 Å². The summed E-state index contributed by atoms with van der Waals surface area (Å²) in [6.45, 7) is 0. The first-order chi connectivity index (χ1) is 5.83. The van der Waals surface area contributed by atoms with Crippen molar-refractivity contribution in [3.63, 3.8) is 0 Å². The van der Waals surface area contributed by atoms with E-state index in [1.54, 1.807) is 0 Å². The summed E-state index contributed by atoms with van der Waals surface area (Å²) in [6.07, 6.45) is 0. The summed E-state index contributed by atoms with van der Waals surface area (Å²) in [5.74, 6) is 0. The molecule has 0 bridgehead atoms. The van der Waals surface area contributed by atoms with E-state index in [0.717, 1.165) is 5.33 Å². The van der Waals surface area contributed by atoms with Crippen LogP contribution in [0.2, 0.25) is 0 Å². The van der Waals surface area contributed by atoms with Gasteiger partial charge in [-0.25, -0.2) is 0 Å². The average Bonchev–Trinajstić information content (AvgIpc) is 2.44. The van der Waals surface area contributed by atoms with Gasteiger partial charge in [0.25, 0.3) is 0 Å². The van der Waals surface area contributed by atoms with Crippen molar-refractivity contribution in [3.05, 3.63) is 33.2 Å². The molecule has 0 saturated carbocycles. The molecule has 1 aromatic carbocycles. The Kier molecular flexibility index (Phi) is 2.75. The van der Waals surface area contributed by atoms with Crippen LogP contribution < -0.4 is 0 Å². The number of rotatable bonds is 1. The van der Waals surface area contributed by atoms with E-state index in [2.05, 4.69) is 56.1 Å². The molecule has 0 spiro atoms. The van der Waals surface area contributed by atoms with Crippen LogP contribution in [0.4, 0.5) is 0 Å². The number of alkyl halides is 1. The Morgan fingerprint density at radius 3 is 2.67 bits per heavy atom. The van der Waals surface area contributed by atoms with E-state index in [1.807, 2.05) is 0 Å². The topological polar surface area (TPSA) is 0 Å². The summed E-state index contributed by atoms with van der Waals surface area (Å²) in [7, 11) is 0. The molecule has 1 aromatic heterocycles. The van der Waals surface area contributed by atoms with Gasteiger partial charge in [0.2, 0.25) is 0 Å². The maximum absolute atomic E-state index is 3.63. The molecule has 0 aliphatic rings. The fourth-order valence-electron chi connectivity index (χ4n) is 1.15. The molecular weight excluding hydrogens is 347 g/mol. The van der Waals surface area contributed by atoms with E-state index >= 15 is 0 Å². The van der Waals surface area contributed by atoms with Gasteiger partial charge in [-0.05, 0) is 0 Å². The van der Waals surface area contributed by atoms with Crippen LogP contribution in [0.1, 0.15) is 4.44 Å². The summed E-state index contributed by atoms with van der Waals surface area (Å²) in [4.78, 5) is 0. The van der Waals surface area contributed by atoms with Crippen LogP contribution >= 0.6 is 31.9 Å². The second kappa shape index (κ2) is 3.67. The zero-order valence-corrected chi connectivity index (χ0v) is 11.1. The first-order valence-electron chi connectivity index (χ1n) is 3.55. The predicted molar refractivity (Wildman–Crippen MR) is 61.2 cm³/mol. The minimum absolute atomic E-state index is 0.527. The van der Waals surface area contributed by atoms with Gasteiger partial charge in [0.1, 0.15) is 0 Å². The van der Waals surface area contributed by atoms with Gasteiger partial charge in [-0.15, -0.1) is 0 Å². The third-order valence-corrected chi connectivity index (χ3v) is 7.07. The SMILES string of the molecule is BrCc1[se]c2ccccc2c1Br. The van der Waals surface area contributed by atoms with Gasteiger partial charge in [-0.1, -0.05) is 0 Å². The van der Waals surface area contributed by atoms with Gasteiger partial charge >= 0.3 is 94.5 Å². The van der Waals surface area contributed by atoms with Gasteiger partial charge in [0.15, 0.2) is 0 Å². The summed E-state index contributed by atoms with van der Waals surface area (Å²) in [5.41, 5.74) is 0. The average molecular weight is 353 g/mol. The molecule has 2 aromatic rings. The van der Waals surface area contributed by atoms with E-state index in [0.29, 0.717) is 14.5 Å². The summed E-state index contributed by atoms with van der Waals surface area (Å²) in [6, 6.07) is 8.59. The molecule has 0 aliphatic carbocycles. The van der Waals surface area contributed by atoms with E-state index in [4.69, 9.17) is 0 Å². The standard InChI is InChI=1S/C9H6Br2Se/c10-5-8-9(11)6-3-1-2-4-7(6)12-8/h1-4H,5H2. The van der Waals surface area contributed by atoms with Gasteiger partial charge < -0.3 is 0 Å². The van der Waals surface area contributed by atoms with Crippen LogP contribution in [0, 0.1) is 0 Å². The van der Waals surface area contributed by atoms with Gasteiger partial charge in [-0.3, -0.25) is 0 Å². The zero-order chi connectivity index (χ0) is 8.55. The first-order valence-corrected chi connectivity index (χ1v) is 7.17. The normalized spacial score (nSPS) is 10.8. The quantitative estimate of drug-likeness (QED) is 0.544. The van der Waals surface area contributed by atoms with Crippen LogP contribution in [0.25, 0.3) is 9.65 Å². The van der Waals surface area contributed by atoms with Crippen LogP contribution in [0.15, 0.2) is 28.7 Å². The Hall–Kier alpha value is 0.439. The molecule has 0 amide bonds. The molecular formula is C9H6Br2Se. The van der Waals surface area contributed by atoms with Crippen molar-refractivity contribution < 1.29 is 0 Å². The molecule has 0 unspecified atom stereocenters. The van der Waals surface area contributed by atoms with Crippen molar-refractivity contribution in [1.29, 1.82) is 0 Å². The van der Waals surface area contributed by atoms with E-state index in [-0.39, 0.29) is 0 Å². The summed E-state index contributed by atoms with van der Waals surface area (Å²) in [5, 5.41) is 2.37. The first kappa shape index (κ1) is 9.01. The summed E-state index contributed by atoms with van der Waals surface area (Å²) < 4.78 is 4.30.